The number of nitrogens with two attached hydrogens (primary N) is 1. The van der Waals surface area contributed by atoms with Gasteiger partial charge in [-0.05, 0) is 12.1 Å². The Kier molecular flexibility index (Phi) is 7.34. The standard InChI is InChI=1S/C14H19N5O2S.ClH/c1-4-7-19-12(8-15)16-17-14(19)22-9-10-5-6-11(21-10)13(20)18(2)3;/h4-6H,1,7-9,15H2,2-3H3;1H. The number of allylic oxidation sites excluding steroid dienone is 1. The van der Waals surface area contributed by atoms with Gasteiger partial charge in [-0.2, -0.15) is 0 Å². The van der Waals surface area contributed by atoms with Crippen molar-refractivity contribution in [3.05, 3.63) is 42.1 Å². The van der Waals surface area contributed by atoms with E-state index in [-0.39, 0.29) is 18.3 Å². The van der Waals surface area contributed by atoms with E-state index in [0.29, 0.717) is 36.2 Å². The van der Waals surface area contributed by atoms with Crippen molar-refractivity contribution < 1.29 is 9.21 Å². The van der Waals surface area contributed by atoms with Gasteiger partial charge in [-0.15, -0.1) is 29.2 Å². The predicted octanol–water partition coefficient (Wildman–Crippen LogP) is 1.93. The molecule has 0 saturated carbocycles. The van der Waals surface area contributed by atoms with Gasteiger partial charge in [0.05, 0.1) is 12.3 Å². The van der Waals surface area contributed by atoms with Crippen molar-refractivity contribution in [3.63, 3.8) is 0 Å². The van der Waals surface area contributed by atoms with Crippen LogP contribution >= 0.6 is 24.2 Å². The second-order valence-electron chi connectivity index (χ2n) is 4.76. The van der Waals surface area contributed by atoms with Crippen LogP contribution in [0.2, 0.25) is 0 Å². The number of aromatic nitrogens is 3. The van der Waals surface area contributed by atoms with Crippen LogP contribution in [0.25, 0.3) is 0 Å². The van der Waals surface area contributed by atoms with Crippen LogP contribution in [0.3, 0.4) is 0 Å². The summed E-state index contributed by atoms with van der Waals surface area (Å²) in [6, 6.07) is 3.47. The molecule has 0 atom stereocenters. The first-order valence-corrected chi connectivity index (χ1v) is 7.71. The molecule has 7 nitrogen and oxygen atoms in total. The van der Waals surface area contributed by atoms with E-state index in [1.807, 2.05) is 4.57 Å². The Labute approximate surface area is 145 Å². The topological polar surface area (TPSA) is 90.2 Å². The highest BCUT2D eigenvalue weighted by molar-refractivity contribution is 7.98. The number of hydrogen-bond donors (Lipinski definition) is 1. The zero-order chi connectivity index (χ0) is 16.1. The molecule has 126 valence electrons. The smallest absolute Gasteiger partial charge is 0.289 e. The number of thioether (sulfide) groups is 1. The monoisotopic (exact) mass is 357 g/mol. The number of hydrogen-bond acceptors (Lipinski definition) is 6. The lowest BCUT2D eigenvalue weighted by atomic mass is 10.4. The minimum Gasteiger partial charge on any atom is -0.455 e. The Morgan fingerprint density at radius 1 is 1.48 bits per heavy atom. The molecule has 23 heavy (non-hydrogen) atoms. The number of nitrogens with zero attached hydrogens (tertiary/aromatic N) is 4. The van der Waals surface area contributed by atoms with Crippen molar-refractivity contribution in [2.45, 2.75) is 24.0 Å². The molecule has 0 aromatic carbocycles. The molecule has 0 fully saturated rings. The molecule has 2 heterocycles. The molecule has 0 saturated heterocycles. The van der Waals surface area contributed by atoms with Crippen LogP contribution < -0.4 is 5.73 Å². The molecule has 2 aromatic heterocycles. The van der Waals surface area contributed by atoms with E-state index in [1.54, 1.807) is 32.3 Å². The van der Waals surface area contributed by atoms with E-state index >= 15 is 0 Å². The Morgan fingerprint density at radius 2 is 2.22 bits per heavy atom. The molecule has 2 N–H and O–H groups in total. The molecule has 0 aliphatic heterocycles. The van der Waals surface area contributed by atoms with E-state index in [4.69, 9.17) is 10.2 Å². The zero-order valence-electron chi connectivity index (χ0n) is 13.1. The van der Waals surface area contributed by atoms with Gasteiger partial charge in [0.1, 0.15) is 11.6 Å². The fraction of sp³-hybridized carbons (Fsp3) is 0.357. The van der Waals surface area contributed by atoms with Crippen LogP contribution in [0.15, 0.2) is 34.4 Å². The lowest BCUT2D eigenvalue weighted by Gasteiger charge is -2.07. The Bertz CT molecular complexity index is 668. The maximum absolute atomic E-state index is 11.8. The molecule has 0 bridgehead atoms. The number of carbonyl (C=O) groups excluding carboxylic acids is 1. The van der Waals surface area contributed by atoms with Crippen molar-refractivity contribution in [2.24, 2.45) is 5.73 Å². The summed E-state index contributed by atoms with van der Waals surface area (Å²) in [4.78, 5) is 13.3. The van der Waals surface area contributed by atoms with E-state index < -0.39 is 0 Å². The molecule has 0 spiro atoms. The van der Waals surface area contributed by atoms with E-state index in [0.717, 1.165) is 5.16 Å². The normalized spacial score (nSPS) is 10.2. The minimum absolute atomic E-state index is 0. The van der Waals surface area contributed by atoms with Crippen molar-refractivity contribution >= 4 is 30.1 Å². The highest BCUT2D eigenvalue weighted by Crippen LogP contribution is 2.23. The summed E-state index contributed by atoms with van der Waals surface area (Å²) in [6.07, 6.45) is 1.77. The summed E-state index contributed by atoms with van der Waals surface area (Å²) in [5.41, 5.74) is 5.64. The van der Waals surface area contributed by atoms with Crippen LogP contribution in [0.4, 0.5) is 0 Å². The third-order valence-corrected chi connectivity index (χ3v) is 3.90. The van der Waals surface area contributed by atoms with Gasteiger partial charge in [0.25, 0.3) is 5.91 Å². The number of amides is 1. The molecule has 0 aliphatic carbocycles. The summed E-state index contributed by atoms with van der Waals surface area (Å²) in [5, 5.41) is 8.92. The number of carbonyl (C=O) groups is 1. The quantitative estimate of drug-likeness (QED) is 0.601. The van der Waals surface area contributed by atoms with Crippen molar-refractivity contribution in [1.82, 2.24) is 19.7 Å². The molecular weight excluding hydrogens is 338 g/mol. The maximum atomic E-state index is 11.8. The Hall–Kier alpha value is -1.77. The lowest BCUT2D eigenvalue weighted by Crippen LogP contribution is -2.20. The van der Waals surface area contributed by atoms with Gasteiger partial charge < -0.3 is 19.6 Å². The fourth-order valence-electron chi connectivity index (χ4n) is 1.82. The summed E-state index contributed by atoms with van der Waals surface area (Å²) in [5.74, 6) is 2.15. The Morgan fingerprint density at radius 3 is 2.83 bits per heavy atom. The van der Waals surface area contributed by atoms with Crippen molar-refractivity contribution in [2.75, 3.05) is 14.1 Å². The average Bonchev–Trinajstić information content (AvgIpc) is 3.11. The Balaban J connectivity index is 0.00000264. The molecule has 0 radical (unpaired) electrons. The zero-order valence-corrected chi connectivity index (χ0v) is 14.7. The number of rotatable bonds is 7. The summed E-state index contributed by atoms with van der Waals surface area (Å²) < 4.78 is 7.46. The molecule has 0 unspecified atom stereocenters. The van der Waals surface area contributed by atoms with Gasteiger partial charge in [-0.1, -0.05) is 17.8 Å². The fourth-order valence-corrected chi connectivity index (χ4v) is 2.68. The van der Waals surface area contributed by atoms with Gasteiger partial charge in [-0.3, -0.25) is 4.79 Å². The average molecular weight is 358 g/mol. The molecule has 9 heteroatoms. The van der Waals surface area contributed by atoms with Crippen LogP contribution in [-0.2, 0) is 18.8 Å². The largest absolute Gasteiger partial charge is 0.455 e. The van der Waals surface area contributed by atoms with E-state index in [2.05, 4.69) is 16.8 Å². The van der Waals surface area contributed by atoms with Gasteiger partial charge >= 0.3 is 0 Å². The van der Waals surface area contributed by atoms with E-state index in [1.165, 1.54) is 16.7 Å². The molecule has 1 amide bonds. The van der Waals surface area contributed by atoms with Crippen LogP contribution in [0, 0.1) is 0 Å². The van der Waals surface area contributed by atoms with Gasteiger partial charge in [0.2, 0.25) is 0 Å². The molecule has 0 aliphatic rings. The first-order valence-electron chi connectivity index (χ1n) is 6.73. The maximum Gasteiger partial charge on any atom is 0.289 e. The third kappa shape index (κ3) is 4.60. The van der Waals surface area contributed by atoms with Crippen LogP contribution in [0.5, 0.6) is 0 Å². The summed E-state index contributed by atoms with van der Waals surface area (Å²) in [6.45, 7) is 4.65. The summed E-state index contributed by atoms with van der Waals surface area (Å²) in [7, 11) is 3.37. The lowest BCUT2D eigenvalue weighted by molar-refractivity contribution is 0.0795. The molecule has 2 aromatic rings. The van der Waals surface area contributed by atoms with Crippen molar-refractivity contribution in [3.8, 4) is 0 Å². The van der Waals surface area contributed by atoms with Crippen LogP contribution in [-0.4, -0.2) is 39.7 Å². The molecule has 2 rings (SSSR count). The predicted molar refractivity (Wildman–Crippen MR) is 91.6 cm³/mol. The van der Waals surface area contributed by atoms with Gasteiger partial charge in [-0.25, -0.2) is 0 Å². The van der Waals surface area contributed by atoms with Crippen LogP contribution in [0.1, 0.15) is 22.1 Å². The highest BCUT2D eigenvalue weighted by Gasteiger charge is 2.15. The summed E-state index contributed by atoms with van der Waals surface area (Å²) >= 11 is 1.48. The van der Waals surface area contributed by atoms with E-state index in [9.17, 15) is 4.79 Å². The second-order valence-corrected chi connectivity index (χ2v) is 5.70. The second kappa shape index (κ2) is 8.76. The van der Waals surface area contributed by atoms with Crippen molar-refractivity contribution in [1.29, 1.82) is 0 Å². The van der Waals surface area contributed by atoms with Gasteiger partial charge in [0.15, 0.2) is 10.9 Å². The number of halogens is 1. The third-order valence-electron chi connectivity index (χ3n) is 2.91. The minimum atomic E-state index is -0.156. The van der Waals surface area contributed by atoms with Gasteiger partial charge in [0, 0.05) is 20.6 Å². The SMILES string of the molecule is C=CCn1c(CN)nnc1SCc1ccc(C(=O)N(C)C)o1.Cl. The number of furan rings is 1. The highest BCUT2D eigenvalue weighted by atomic mass is 35.5. The first-order chi connectivity index (χ1) is 10.6. The first kappa shape index (κ1) is 19.3. The molecular formula is C14H20ClN5O2S.